The molecule has 0 aliphatic rings. The first kappa shape index (κ1) is 7.46. The third-order valence-electron chi connectivity index (χ3n) is 0.616. The fraction of sp³-hybridized carbons (Fsp3) is 0.600. The molecule has 3 heteroatoms. The minimum absolute atomic E-state index is 0.582. The lowest BCUT2D eigenvalue weighted by Gasteiger charge is -1.96. The van der Waals surface area contributed by atoms with E-state index in [9.17, 15) is 0 Å². The largest absolute Gasteiger partial charge is 0.329 e. The Morgan fingerprint density at radius 2 is 2.38 bits per heavy atom. The lowest BCUT2D eigenvalue weighted by Crippen LogP contribution is -2.25. The zero-order valence-electron chi connectivity index (χ0n) is 5.15. The second-order valence-corrected chi connectivity index (χ2v) is 1.31. The van der Waals surface area contributed by atoms with Crippen LogP contribution in [0.4, 0.5) is 0 Å². The Hall–Kier alpha value is -0.540. The Kier molecular flexibility index (Phi) is 6.02. The molecule has 0 aliphatic heterocycles. The van der Waals surface area contributed by atoms with Gasteiger partial charge in [-0.2, -0.15) is 0 Å². The van der Waals surface area contributed by atoms with E-state index in [0.29, 0.717) is 6.54 Å². The van der Waals surface area contributed by atoms with E-state index in [-0.39, 0.29) is 0 Å². The van der Waals surface area contributed by atoms with Gasteiger partial charge in [0.2, 0.25) is 0 Å². The summed E-state index contributed by atoms with van der Waals surface area (Å²) < 4.78 is 0. The number of nitrogens with two attached hydrogens (primary N) is 1. The molecule has 0 radical (unpaired) electrons. The van der Waals surface area contributed by atoms with Crippen LogP contribution in [0.5, 0.6) is 0 Å². The Bertz CT molecular complexity index is 60.7. The zero-order valence-corrected chi connectivity index (χ0v) is 5.15. The normalized spacial score (nSPS) is 10.2. The van der Waals surface area contributed by atoms with Crippen LogP contribution in [-0.2, 0) is 0 Å². The van der Waals surface area contributed by atoms with Crippen LogP contribution in [0.15, 0.2) is 12.3 Å². The topological polar surface area (TPSA) is 50.1 Å². The summed E-state index contributed by atoms with van der Waals surface area (Å²) in [6.07, 6.45) is 3.62. The van der Waals surface area contributed by atoms with E-state index in [1.165, 1.54) is 0 Å². The molecule has 4 N–H and O–H groups in total. The molecule has 0 spiro atoms. The van der Waals surface area contributed by atoms with Crippen molar-refractivity contribution in [1.82, 2.24) is 10.9 Å². The number of hydrazine groups is 1. The van der Waals surface area contributed by atoms with Gasteiger partial charge in [0.1, 0.15) is 0 Å². The van der Waals surface area contributed by atoms with Gasteiger partial charge in [-0.3, -0.25) is 0 Å². The van der Waals surface area contributed by atoms with Crippen molar-refractivity contribution in [3.8, 4) is 0 Å². The van der Waals surface area contributed by atoms with Crippen molar-refractivity contribution >= 4 is 0 Å². The number of hydrogen-bond acceptors (Lipinski definition) is 3. The number of nitrogens with one attached hydrogen (secondary N) is 2. The molecule has 3 nitrogen and oxygen atoms in total. The molecular formula is C5H13N3. The Balaban J connectivity index is 2.80. The molecule has 0 aromatic heterocycles. The minimum atomic E-state index is 0.582. The van der Waals surface area contributed by atoms with Gasteiger partial charge in [0.15, 0.2) is 0 Å². The quantitative estimate of drug-likeness (QED) is 0.344. The van der Waals surface area contributed by atoms with E-state index >= 15 is 0 Å². The molecule has 0 unspecified atom stereocenters. The SMILES string of the molecule is CCNNC=CCN. The maximum Gasteiger partial charge on any atom is 0.0124 e. The molecule has 48 valence electrons. The minimum Gasteiger partial charge on any atom is -0.329 e. The molecule has 0 rings (SSSR count). The van der Waals surface area contributed by atoms with Crippen molar-refractivity contribution in [3.05, 3.63) is 12.3 Å². The third kappa shape index (κ3) is 5.46. The van der Waals surface area contributed by atoms with Crippen molar-refractivity contribution < 1.29 is 0 Å². The molecule has 0 aliphatic carbocycles. The van der Waals surface area contributed by atoms with E-state index in [2.05, 4.69) is 10.9 Å². The van der Waals surface area contributed by atoms with Gasteiger partial charge in [0.25, 0.3) is 0 Å². The first-order valence-corrected chi connectivity index (χ1v) is 2.75. The summed E-state index contributed by atoms with van der Waals surface area (Å²) in [6, 6.07) is 0. The standard InChI is InChI=1S/C5H13N3/c1-2-7-8-5-3-4-6/h3,5,7-8H,2,4,6H2,1H3. The molecule has 8 heavy (non-hydrogen) atoms. The molecular weight excluding hydrogens is 102 g/mol. The van der Waals surface area contributed by atoms with Gasteiger partial charge in [-0.15, -0.1) is 0 Å². The van der Waals surface area contributed by atoms with Crippen LogP contribution in [0.1, 0.15) is 6.92 Å². The third-order valence-corrected chi connectivity index (χ3v) is 0.616. The van der Waals surface area contributed by atoms with Crippen LogP contribution in [0.25, 0.3) is 0 Å². The smallest absolute Gasteiger partial charge is 0.0124 e. The van der Waals surface area contributed by atoms with E-state index in [1.54, 1.807) is 6.20 Å². The summed E-state index contributed by atoms with van der Waals surface area (Å²) in [6.45, 7) is 3.51. The molecule has 0 bridgehead atoms. The first-order valence-electron chi connectivity index (χ1n) is 2.75. The molecule has 0 fully saturated rings. The summed E-state index contributed by atoms with van der Waals surface area (Å²) in [5.41, 5.74) is 10.9. The Labute approximate surface area is 49.9 Å². The summed E-state index contributed by atoms with van der Waals surface area (Å²) in [5.74, 6) is 0. The van der Waals surface area contributed by atoms with Gasteiger partial charge in [-0.25, -0.2) is 5.43 Å². The monoisotopic (exact) mass is 115 g/mol. The highest BCUT2D eigenvalue weighted by atomic mass is 15.3. The number of hydrogen-bond donors (Lipinski definition) is 3. The highest BCUT2D eigenvalue weighted by molar-refractivity contribution is 4.77. The lowest BCUT2D eigenvalue weighted by atomic mass is 10.6. The molecule has 0 aromatic rings. The number of rotatable bonds is 4. The first-order chi connectivity index (χ1) is 3.91. The fourth-order valence-corrected chi connectivity index (χ4v) is 0.288. The van der Waals surface area contributed by atoms with E-state index < -0.39 is 0 Å². The van der Waals surface area contributed by atoms with Gasteiger partial charge in [-0.1, -0.05) is 13.0 Å². The fourth-order valence-electron chi connectivity index (χ4n) is 0.288. The predicted molar refractivity (Wildman–Crippen MR) is 35.0 cm³/mol. The van der Waals surface area contributed by atoms with Crippen molar-refractivity contribution in [2.24, 2.45) is 5.73 Å². The van der Waals surface area contributed by atoms with Crippen molar-refractivity contribution in [3.63, 3.8) is 0 Å². The summed E-state index contributed by atoms with van der Waals surface area (Å²) >= 11 is 0. The summed E-state index contributed by atoms with van der Waals surface area (Å²) in [4.78, 5) is 0. The van der Waals surface area contributed by atoms with Crippen molar-refractivity contribution in [1.29, 1.82) is 0 Å². The van der Waals surface area contributed by atoms with Crippen molar-refractivity contribution in [2.75, 3.05) is 13.1 Å². The van der Waals surface area contributed by atoms with Crippen LogP contribution in [0.2, 0.25) is 0 Å². The van der Waals surface area contributed by atoms with Crippen LogP contribution < -0.4 is 16.6 Å². The molecule has 0 saturated carbocycles. The van der Waals surface area contributed by atoms with Crippen molar-refractivity contribution in [2.45, 2.75) is 6.92 Å². The molecule has 0 saturated heterocycles. The van der Waals surface area contributed by atoms with Gasteiger partial charge < -0.3 is 11.2 Å². The van der Waals surface area contributed by atoms with Gasteiger partial charge in [0.05, 0.1) is 0 Å². The predicted octanol–water partition coefficient (Wildman–Crippen LogP) is -0.427. The van der Waals surface area contributed by atoms with E-state index in [4.69, 9.17) is 5.73 Å². The second-order valence-electron chi connectivity index (χ2n) is 1.31. The molecule has 0 heterocycles. The van der Waals surface area contributed by atoms with Crippen LogP contribution in [-0.4, -0.2) is 13.1 Å². The van der Waals surface area contributed by atoms with E-state index in [0.717, 1.165) is 6.54 Å². The van der Waals surface area contributed by atoms with Crippen LogP contribution >= 0.6 is 0 Å². The zero-order chi connectivity index (χ0) is 6.24. The summed E-state index contributed by atoms with van der Waals surface area (Å²) in [7, 11) is 0. The Morgan fingerprint density at radius 3 is 2.88 bits per heavy atom. The highest BCUT2D eigenvalue weighted by Gasteiger charge is 1.67. The average Bonchev–Trinajstić information content (AvgIpc) is 1.81. The van der Waals surface area contributed by atoms with Gasteiger partial charge in [0, 0.05) is 19.3 Å². The maximum atomic E-state index is 5.16. The molecule has 0 amide bonds. The Morgan fingerprint density at radius 1 is 1.62 bits per heavy atom. The lowest BCUT2D eigenvalue weighted by molar-refractivity contribution is 0.654. The second kappa shape index (κ2) is 6.46. The molecule has 0 atom stereocenters. The van der Waals surface area contributed by atoms with E-state index in [1.807, 2.05) is 13.0 Å². The molecule has 0 aromatic carbocycles. The summed E-state index contributed by atoms with van der Waals surface area (Å²) in [5, 5.41) is 0. The van der Waals surface area contributed by atoms with Gasteiger partial charge >= 0.3 is 0 Å². The maximum absolute atomic E-state index is 5.16. The van der Waals surface area contributed by atoms with Crippen LogP contribution in [0, 0.1) is 0 Å². The highest BCUT2D eigenvalue weighted by Crippen LogP contribution is 1.56. The van der Waals surface area contributed by atoms with Crippen LogP contribution in [0.3, 0.4) is 0 Å². The average molecular weight is 115 g/mol. The van der Waals surface area contributed by atoms with Gasteiger partial charge in [-0.05, 0) is 0 Å².